The number of hydrogen-bond donors (Lipinski definition) is 1. The molecule has 31 heavy (non-hydrogen) atoms. The van der Waals surface area contributed by atoms with Crippen molar-refractivity contribution in [2.75, 3.05) is 0 Å². The lowest BCUT2D eigenvalue weighted by atomic mass is 9.47. The first-order chi connectivity index (χ1) is 15.0. The molecular weight excluding hydrogens is 398 g/mol. The molecule has 0 saturated heterocycles. The normalized spacial score (nSPS) is 41.8. The van der Waals surface area contributed by atoms with Crippen molar-refractivity contribution >= 4 is 11.3 Å². The number of allylic oxidation sites excluding steroid dienone is 1. The molecule has 2 aromatic rings. The quantitative estimate of drug-likeness (QED) is 0.507. The third-order valence-corrected chi connectivity index (χ3v) is 11.1. The third kappa shape index (κ3) is 3.03. The number of nitrogens with zero attached hydrogens (tertiary/aromatic N) is 1. The number of benzene rings is 1. The van der Waals surface area contributed by atoms with Gasteiger partial charge in [-0.1, -0.05) is 55.8 Å². The Morgan fingerprint density at radius 3 is 2.68 bits per heavy atom. The molecule has 3 saturated carbocycles. The topological polar surface area (TPSA) is 33.1 Å². The van der Waals surface area contributed by atoms with E-state index in [2.05, 4.69) is 56.5 Å². The van der Waals surface area contributed by atoms with Gasteiger partial charge in [0.15, 0.2) is 0 Å². The van der Waals surface area contributed by atoms with Crippen LogP contribution in [0, 0.1) is 28.6 Å². The van der Waals surface area contributed by atoms with Crippen molar-refractivity contribution in [1.82, 2.24) is 4.98 Å². The van der Waals surface area contributed by atoms with Crippen molar-refractivity contribution in [2.24, 2.45) is 28.6 Å². The zero-order valence-electron chi connectivity index (χ0n) is 18.9. The van der Waals surface area contributed by atoms with E-state index in [-0.39, 0.29) is 6.10 Å². The van der Waals surface area contributed by atoms with Crippen LogP contribution in [-0.2, 0) is 0 Å². The van der Waals surface area contributed by atoms with Gasteiger partial charge in [0.2, 0.25) is 0 Å². The van der Waals surface area contributed by atoms with E-state index in [1.807, 2.05) is 11.3 Å². The van der Waals surface area contributed by atoms with Crippen LogP contribution in [0.3, 0.4) is 0 Å². The van der Waals surface area contributed by atoms with Crippen molar-refractivity contribution in [1.29, 1.82) is 0 Å². The summed E-state index contributed by atoms with van der Waals surface area (Å²) in [6.07, 6.45) is 14.3. The van der Waals surface area contributed by atoms with Crippen molar-refractivity contribution in [3.63, 3.8) is 0 Å². The maximum atomic E-state index is 10.2. The fraction of sp³-hybridized carbons (Fsp3) is 0.607. The van der Waals surface area contributed by atoms with Crippen LogP contribution < -0.4 is 0 Å². The average molecular weight is 434 g/mol. The van der Waals surface area contributed by atoms with Crippen molar-refractivity contribution < 1.29 is 5.11 Å². The van der Waals surface area contributed by atoms with Gasteiger partial charge in [0, 0.05) is 12.1 Å². The molecule has 164 valence electrons. The van der Waals surface area contributed by atoms with Crippen LogP contribution in [-0.4, -0.2) is 16.2 Å². The SMILES string of the molecule is C[C@]12CC[C@H]3[C@@H](CC=C4C[C@@H](O)CC[C@@]43C)[C@@H]1CC[C@@H]2c1ncc(-c2ccccc2)s1. The molecular formula is C28H35NOS. The Labute approximate surface area is 190 Å². The van der Waals surface area contributed by atoms with Gasteiger partial charge >= 0.3 is 0 Å². The maximum Gasteiger partial charge on any atom is 0.0967 e. The number of rotatable bonds is 2. The minimum absolute atomic E-state index is 0.107. The Morgan fingerprint density at radius 1 is 1.00 bits per heavy atom. The lowest BCUT2D eigenvalue weighted by Gasteiger charge is -2.58. The summed E-state index contributed by atoms with van der Waals surface area (Å²) in [5, 5.41) is 11.6. The fourth-order valence-corrected chi connectivity index (χ4v) is 9.45. The number of aromatic nitrogens is 1. The monoisotopic (exact) mass is 433 g/mol. The molecule has 7 atom stereocenters. The second kappa shape index (κ2) is 7.28. The van der Waals surface area contributed by atoms with Gasteiger partial charge in [0.05, 0.1) is 16.0 Å². The summed E-state index contributed by atoms with van der Waals surface area (Å²) in [5.74, 6) is 3.07. The number of thiazole rings is 1. The largest absolute Gasteiger partial charge is 0.393 e. The first kappa shape index (κ1) is 20.2. The summed E-state index contributed by atoms with van der Waals surface area (Å²) in [5.41, 5.74) is 3.61. The maximum absolute atomic E-state index is 10.2. The Hall–Kier alpha value is -1.45. The van der Waals surface area contributed by atoms with Crippen molar-refractivity contribution in [3.05, 3.63) is 53.2 Å². The van der Waals surface area contributed by atoms with E-state index in [0.717, 1.165) is 30.6 Å². The van der Waals surface area contributed by atoms with Crippen molar-refractivity contribution in [2.45, 2.75) is 77.2 Å². The van der Waals surface area contributed by atoms with Crippen molar-refractivity contribution in [3.8, 4) is 10.4 Å². The first-order valence-electron chi connectivity index (χ1n) is 12.4. The number of fused-ring (bicyclic) bond motifs is 5. The smallest absolute Gasteiger partial charge is 0.0967 e. The predicted octanol–water partition coefficient (Wildman–Crippen LogP) is 7.22. The molecule has 0 unspecified atom stereocenters. The molecule has 1 heterocycles. The lowest BCUT2D eigenvalue weighted by molar-refractivity contribution is -0.0409. The van der Waals surface area contributed by atoms with Crippen LogP contribution in [0.15, 0.2) is 48.2 Å². The molecule has 0 spiro atoms. The molecule has 0 bridgehead atoms. The standard InChI is InChI=1S/C28H35NOS/c1-27-14-12-20(30)16-19(27)8-9-21-22-10-11-24(28(22,2)15-13-23(21)27)26-29-17-25(31-26)18-6-4-3-5-7-18/h3-8,17,20-24,30H,9-16H2,1-2H3/t20-,21-,22-,23-,24+,27-,28-/m0/s1. The molecule has 0 radical (unpaired) electrons. The first-order valence-corrected chi connectivity index (χ1v) is 13.2. The second-order valence-corrected chi connectivity index (χ2v) is 12.3. The molecule has 1 aromatic heterocycles. The highest BCUT2D eigenvalue weighted by Gasteiger charge is 2.59. The third-order valence-electron chi connectivity index (χ3n) is 9.96. The summed E-state index contributed by atoms with van der Waals surface area (Å²) in [7, 11) is 0. The molecule has 4 aliphatic rings. The van der Waals surface area contributed by atoms with Crippen LogP contribution >= 0.6 is 11.3 Å². The predicted molar refractivity (Wildman–Crippen MR) is 128 cm³/mol. The molecule has 0 aliphatic heterocycles. The highest BCUT2D eigenvalue weighted by atomic mass is 32.1. The van der Waals surface area contributed by atoms with Gasteiger partial charge in [-0.3, -0.25) is 0 Å². The van der Waals surface area contributed by atoms with E-state index >= 15 is 0 Å². The van der Waals surface area contributed by atoms with Gasteiger partial charge in [-0.15, -0.1) is 11.3 Å². The van der Waals surface area contributed by atoms with Crippen LogP contribution in [0.2, 0.25) is 0 Å². The minimum atomic E-state index is -0.107. The summed E-state index contributed by atoms with van der Waals surface area (Å²) in [4.78, 5) is 6.30. The van der Waals surface area contributed by atoms with E-state index < -0.39 is 0 Å². The Morgan fingerprint density at radius 2 is 1.84 bits per heavy atom. The van der Waals surface area contributed by atoms with E-state index in [1.165, 1.54) is 54.0 Å². The highest BCUT2D eigenvalue weighted by Crippen LogP contribution is 2.68. The zero-order valence-corrected chi connectivity index (χ0v) is 19.7. The van der Waals surface area contributed by atoms with Gasteiger partial charge in [-0.2, -0.15) is 0 Å². The molecule has 4 aliphatic carbocycles. The Balaban J connectivity index is 1.29. The van der Waals surface area contributed by atoms with E-state index in [0.29, 0.717) is 16.7 Å². The summed E-state index contributed by atoms with van der Waals surface area (Å²) in [6.45, 7) is 5.13. The summed E-state index contributed by atoms with van der Waals surface area (Å²) < 4.78 is 0. The lowest BCUT2D eigenvalue weighted by Crippen LogP contribution is -2.50. The van der Waals surface area contributed by atoms with E-state index in [4.69, 9.17) is 4.98 Å². The molecule has 6 rings (SSSR count). The van der Waals surface area contributed by atoms with E-state index in [1.54, 1.807) is 5.57 Å². The van der Waals surface area contributed by atoms with Crippen LogP contribution in [0.5, 0.6) is 0 Å². The van der Waals surface area contributed by atoms with Gasteiger partial charge in [0.25, 0.3) is 0 Å². The van der Waals surface area contributed by atoms with Crippen LogP contribution in [0.4, 0.5) is 0 Å². The van der Waals surface area contributed by atoms with Gasteiger partial charge in [-0.25, -0.2) is 4.98 Å². The molecule has 1 aromatic carbocycles. The van der Waals surface area contributed by atoms with Crippen LogP contribution in [0.1, 0.15) is 76.1 Å². The Kier molecular flexibility index (Phi) is 4.74. The van der Waals surface area contributed by atoms with Gasteiger partial charge in [-0.05, 0) is 85.5 Å². The number of hydrogen-bond acceptors (Lipinski definition) is 3. The van der Waals surface area contributed by atoms with E-state index in [9.17, 15) is 5.11 Å². The number of aliphatic hydroxyl groups is 1. The minimum Gasteiger partial charge on any atom is -0.393 e. The zero-order chi connectivity index (χ0) is 21.2. The fourth-order valence-electron chi connectivity index (χ4n) is 8.23. The molecule has 2 nitrogen and oxygen atoms in total. The van der Waals surface area contributed by atoms with Gasteiger partial charge < -0.3 is 5.11 Å². The van der Waals surface area contributed by atoms with Crippen LogP contribution in [0.25, 0.3) is 10.4 Å². The Bertz CT molecular complexity index is 995. The molecule has 3 heteroatoms. The average Bonchev–Trinajstić information content (AvgIpc) is 3.39. The highest BCUT2D eigenvalue weighted by molar-refractivity contribution is 7.15. The van der Waals surface area contributed by atoms with Gasteiger partial charge in [0.1, 0.15) is 0 Å². The molecule has 0 amide bonds. The second-order valence-electron chi connectivity index (χ2n) is 11.3. The molecule has 1 N–H and O–H groups in total. The summed E-state index contributed by atoms with van der Waals surface area (Å²) >= 11 is 1.93. The molecule has 3 fully saturated rings. The summed E-state index contributed by atoms with van der Waals surface area (Å²) in [6, 6.07) is 10.7. The number of aliphatic hydroxyl groups excluding tert-OH is 1.